The molecule has 1 N–H and O–H groups in total. The molecule has 0 amide bonds. The molecular weight excluding hydrogens is 242 g/mol. The molecule has 1 rings (SSSR count). The number of rotatable bonds is 9. The number of halogens is 1. The van der Waals surface area contributed by atoms with Crippen LogP contribution in [0.2, 0.25) is 5.02 Å². The second-order valence-corrected chi connectivity index (χ2v) is 5.55. The molecule has 0 aromatic heterocycles. The average molecular weight is 268 g/mol. The van der Waals surface area contributed by atoms with Crippen molar-refractivity contribution in [3.05, 3.63) is 34.9 Å². The van der Waals surface area contributed by atoms with Gasteiger partial charge >= 0.3 is 0 Å². The first-order valence-electron chi connectivity index (χ1n) is 7.20. The number of hydrogen-bond donors (Lipinski definition) is 1. The van der Waals surface area contributed by atoms with Gasteiger partial charge in [-0.05, 0) is 31.0 Å². The lowest BCUT2D eigenvalue weighted by molar-refractivity contribution is 0.480. The number of nitrogens with one attached hydrogen (secondary N) is 1. The molecule has 0 saturated carbocycles. The Balaban J connectivity index is 2.11. The Kier molecular flexibility index (Phi) is 8.11. The zero-order valence-corrected chi connectivity index (χ0v) is 12.5. The minimum Gasteiger partial charge on any atom is -0.310 e. The summed E-state index contributed by atoms with van der Waals surface area (Å²) in [4.78, 5) is 0. The van der Waals surface area contributed by atoms with Gasteiger partial charge in [0.2, 0.25) is 0 Å². The molecule has 0 aliphatic carbocycles. The highest BCUT2D eigenvalue weighted by Gasteiger charge is 2.01. The molecule has 1 aromatic carbocycles. The third-order valence-corrected chi connectivity index (χ3v) is 3.52. The first kappa shape index (κ1) is 15.5. The Bertz CT molecular complexity index is 325. The Morgan fingerprint density at radius 3 is 2.67 bits per heavy atom. The van der Waals surface area contributed by atoms with E-state index in [2.05, 4.69) is 25.2 Å². The molecule has 1 aromatic rings. The van der Waals surface area contributed by atoms with Gasteiger partial charge in [-0.3, -0.25) is 0 Å². The fourth-order valence-corrected chi connectivity index (χ4v) is 2.31. The maximum Gasteiger partial charge on any atom is 0.0409 e. The molecule has 2 heteroatoms. The summed E-state index contributed by atoms with van der Waals surface area (Å²) in [6.07, 6.45) is 8.06. The molecule has 0 saturated heterocycles. The molecule has 1 atom stereocenters. The third kappa shape index (κ3) is 7.03. The van der Waals surface area contributed by atoms with Crippen LogP contribution in [0.1, 0.15) is 57.9 Å². The molecule has 0 fully saturated rings. The molecule has 0 radical (unpaired) electrons. The smallest absolute Gasteiger partial charge is 0.0409 e. The summed E-state index contributed by atoms with van der Waals surface area (Å²) in [5.74, 6) is 0. The Labute approximate surface area is 117 Å². The zero-order valence-electron chi connectivity index (χ0n) is 11.7. The monoisotopic (exact) mass is 267 g/mol. The van der Waals surface area contributed by atoms with Gasteiger partial charge in [-0.1, -0.05) is 62.8 Å². The van der Waals surface area contributed by atoms with E-state index < -0.39 is 0 Å². The van der Waals surface area contributed by atoms with Crippen LogP contribution in [0.4, 0.5) is 0 Å². The fourth-order valence-electron chi connectivity index (χ4n) is 2.10. The largest absolute Gasteiger partial charge is 0.310 e. The van der Waals surface area contributed by atoms with Gasteiger partial charge in [-0.15, -0.1) is 0 Å². The van der Waals surface area contributed by atoms with Gasteiger partial charge in [-0.25, -0.2) is 0 Å². The minimum absolute atomic E-state index is 0.589. The van der Waals surface area contributed by atoms with E-state index in [-0.39, 0.29) is 0 Å². The standard InChI is InChI=1S/C16H26ClN/c1-3-4-5-6-7-9-14(2)18-13-15-10-8-11-16(17)12-15/h8,10-12,14,18H,3-7,9,13H2,1-2H3. The van der Waals surface area contributed by atoms with Gasteiger partial charge in [0.05, 0.1) is 0 Å². The van der Waals surface area contributed by atoms with Crippen LogP contribution in [0.5, 0.6) is 0 Å². The average Bonchev–Trinajstić information content (AvgIpc) is 2.36. The predicted octanol–water partition coefficient (Wildman–Crippen LogP) is 5.18. The highest BCUT2D eigenvalue weighted by atomic mass is 35.5. The van der Waals surface area contributed by atoms with Crippen LogP contribution < -0.4 is 5.32 Å². The summed E-state index contributed by atoms with van der Waals surface area (Å²) in [5.41, 5.74) is 1.26. The Hall–Kier alpha value is -0.530. The normalized spacial score (nSPS) is 12.6. The van der Waals surface area contributed by atoms with Gasteiger partial charge in [0, 0.05) is 17.6 Å². The summed E-state index contributed by atoms with van der Waals surface area (Å²) in [7, 11) is 0. The molecule has 1 nitrogen and oxygen atoms in total. The summed E-state index contributed by atoms with van der Waals surface area (Å²) >= 11 is 5.96. The fraction of sp³-hybridized carbons (Fsp3) is 0.625. The van der Waals surface area contributed by atoms with Crippen molar-refractivity contribution < 1.29 is 0 Å². The summed E-state index contributed by atoms with van der Waals surface area (Å²) in [6, 6.07) is 8.66. The van der Waals surface area contributed by atoms with Crippen molar-refractivity contribution in [2.24, 2.45) is 0 Å². The van der Waals surface area contributed by atoms with Crippen LogP contribution in [0, 0.1) is 0 Å². The lowest BCUT2D eigenvalue weighted by atomic mass is 10.1. The Morgan fingerprint density at radius 2 is 1.94 bits per heavy atom. The van der Waals surface area contributed by atoms with E-state index in [0.717, 1.165) is 11.6 Å². The van der Waals surface area contributed by atoms with Crippen molar-refractivity contribution in [3.63, 3.8) is 0 Å². The third-order valence-electron chi connectivity index (χ3n) is 3.28. The van der Waals surface area contributed by atoms with E-state index in [4.69, 9.17) is 11.6 Å². The lowest BCUT2D eigenvalue weighted by Gasteiger charge is -2.13. The lowest BCUT2D eigenvalue weighted by Crippen LogP contribution is -2.25. The second-order valence-electron chi connectivity index (χ2n) is 5.11. The van der Waals surface area contributed by atoms with Crippen LogP contribution in [-0.4, -0.2) is 6.04 Å². The van der Waals surface area contributed by atoms with Crippen LogP contribution in [0.3, 0.4) is 0 Å². The van der Waals surface area contributed by atoms with Gasteiger partial charge in [0.25, 0.3) is 0 Å². The maximum absolute atomic E-state index is 5.96. The maximum atomic E-state index is 5.96. The van der Waals surface area contributed by atoms with Crippen molar-refractivity contribution in [1.82, 2.24) is 5.32 Å². The van der Waals surface area contributed by atoms with Crippen LogP contribution in [0.25, 0.3) is 0 Å². The summed E-state index contributed by atoms with van der Waals surface area (Å²) < 4.78 is 0. The van der Waals surface area contributed by atoms with E-state index in [1.807, 2.05) is 18.2 Å². The summed E-state index contributed by atoms with van der Waals surface area (Å²) in [6.45, 7) is 5.44. The van der Waals surface area contributed by atoms with E-state index in [1.165, 1.54) is 44.1 Å². The van der Waals surface area contributed by atoms with Gasteiger partial charge < -0.3 is 5.32 Å². The molecule has 0 spiro atoms. The number of hydrogen-bond acceptors (Lipinski definition) is 1. The van der Waals surface area contributed by atoms with Crippen molar-refractivity contribution in [1.29, 1.82) is 0 Å². The van der Waals surface area contributed by atoms with Gasteiger partial charge in [0.1, 0.15) is 0 Å². The Morgan fingerprint density at radius 1 is 1.17 bits per heavy atom. The first-order valence-corrected chi connectivity index (χ1v) is 7.58. The second kappa shape index (κ2) is 9.41. The van der Waals surface area contributed by atoms with E-state index in [0.29, 0.717) is 6.04 Å². The first-order chi connectivity index (χ1) is 8.72. The quantitative estimate of drug-likeness (QED) is 0.608. The van der Waals surface area contributed by atoms with E-state index in [9.17, 15) is 0 Å². The van der Waals surface area contributed by atoms with Crippen LogP contribution in [-0.2, 0) is 6.54 Å². The van der Waals surface area contributed by atoms with Crippen molar-refractivity contribution in [2.75, 3.05) is 0 Å². The molecule has 0 aliphatic heterocycles. The van der Waals surface area contributed by atoms with Crippen molar-refractivity contribution in [3.8, 4) is 0 Å². The molecular formula is C16H26ClN. The molecule has 0 aliphatic rings. The zero-order chi connectivity index (χ0) is 13.2. The highest BCUT2D eigenvalue weighted by molar-refractivity contribution is 6.30. The van der Waals surface area contributed by atoms with Crippen molar-refractivity contribution in [2.45, 2.75) is 65.0 Å². The molecule has 0 bridgehead atoms. The van der Waals surface area contributed by atoms with Gasteiger partial charge in [0.15, 0.2) is 0 Å². The van der Waals surface area contributed by atoms with E-state index in [1.54, 1.807) is 0 Å². The number of unbranched alkanes of at least 4 members (excludes halogenated alkanes) is 4. The summed E-state index contributed by atoms with van der Waals surface area (Å²) in [5, 5.41) is 4.38. The SMILES string of the molecule is CCCCCCCC(C)NCc1cccc(Cl)c1. The minimum atomic E-state index is 0.589. The van der Waals surface area contributed by atoms with Crippen LogP contribution >= 0.6 is 11.6 Å². The predicted molar refractivity (Wildman–Crippen MR) is 81.1 cm³/mol. The van der Waals surface area contributed by atoms with Crippen LogP contribution in [0.15, 0.2) is 24.3 Å². The molecule has 1 unspecified atom stereocenters. The van der Waals surface area contributed by atoms with Crippen molar-refractivity contribution >= 4 is 11.6 Å². The number of benzene rings is 1. The topological polar surface area (TPSA) is 12.0 Å². The van der Waals surface area contributed by atoms with E-state index >= 15 is 0 Å². The molecule has 102 valence electrons. The highest BCUT2D eigenvalue weighted by Crippen LogP contribution is 2.11. The van der Waals surface area contributed by atoms with Gasteiger partial charge in [-0.2, -0.15) is 0 Å². The molecule has 0 heterocycles. The molecule has 18 heavy (non-hydrogen) atoms.